The molecule has 4 nitrogen and oxygen atoms in total. The van der Waals surface area contributed by atoms with Gasteiger partial charge in [0.15, 0.2) is 11.0 Å². The molecular weight excluding hydrogens is 322 g/mol. The minimum absolute atomic E-state index is 0.220. The number of ether oxygens (including phenoxy) is 1. The highest BCUT2D eigenvalue weighted by Gasteiger charge is 2.21. The first-order valence-electron chi connectivity index (χ1n) is 8.49. The summed E-state index contributed by atoms with van der Waals surface area (Å²) in [6, 6.07) is 4.24. The Hall–Kier alpha value is -1.49. The molecule has 0 aliphatic rings. The van der Waals surface area contributed by atoms with Crippen molar-refractivity contribution in [2.45, 2.75) is 71.1 Å². The van der Waals surface area contributed by atoms with Gasteiger partial charge in [-0.05, 0) is 41.4 Å². The third kappa shape index (κ3) is 5.26. The zero-order chi connectivity index (χ0) is 18.4. The van der Waals surface area contributed by atoms with E-state index in [-0.39, 0.29) is 18.4 Å². The van der Waals surface area contributed by atoms with Crippen LogP contribution in [0.15, 0.2) is 21.4 Å². The Kier molecular flexibility index (Phi) is 7.80. The average molecular weight is 352 g/mol. The first-order valence-corrected chi connectivity index (χ1v) is 9.60. The van der Waals surface area contributed by atoms with Crippen LogP contribution in [0.3, 0.4) is 0 Å². The van der Waals surface area contributed by atoms with Crippen molar-refractivity contribution in [3.05, 3.63) is 28.8 Å². The van der Waals surface area contributed by atoms with Crippen molar-refractivity contribution in [2.24, 2.45) is 4.40 Å². The summed E-state index contributed by atoms with van der Waals surface area (Å²) >= 11 is 0. The lowest BCUT2D eigenvalue weighted by Gasteiger charge is -2.21. The largest absolute Gasteiger partial charge is 0.462 e. The molecule has 1 atom stereocenters. The third-order valence-electron chi connectivity index (χ3n) is 3.79. The third-order valence-corrected chi connectivity index (χ3v) is 4.91. The summed E-state index contributed by atoms with van der Waals surface area (Å²) in [5.74, 6) is 0.267. The molecule has 1 aromatic carbocycles. The molecule has 0 unspecified atom stereocenters. The number of nitrogens with zero attached hydrogens (tertiary/aromatic N) is 1. The van der Waals surface area contributed by atoms with Crippen LogP contribution in [0.25, 0.3) is 0 Å². The van der Waals surface area contributed by atoms with E-state index in [1.54, 1.807) is 6.92 Å². The normalized spacial score (nSPS) is 13.2. The summed E-state index contributed by atoms with van der Waals surface area (Å²) in [7, 11) is -1.62. The minimum Gasteiger partial charge on any atom is -0.462 e. The van der Waals surface area contributed by atoms with Crippen LogP contribution < -0.4 is 0 Å². The van der Waals surface area contributed by atoms with Gasteiger partial charge in [0, 0.05) is 0 Å². The molecule has 0 spiro atoms. The molecule has 0 aromatic heterocycles. The average Bonchev–Trinajstić information content (AvgIpc) is 2.51. The van der Waals surface area contributed by atoms with E-state index < -0.39 is 17.0 Å². The lowest BCUT2D eigenvalue weighted by Crippen LogP contribution is -2.09. The summed E-state index contributed by atoms with van der Waals surface area (Å²) in [5, 5.41) is 0. The maximum absolute atomic E-state index is 12.8. The summed E-state index contributed by atoms with van der Waals surface area (Å²) in [5.41, 5.74) is 3.30. The van der Waals surface area contributed by atoms with E-state index in [0.717, 1.165) is 22.2 Å². The van der Waals surface area contributed by atoms with Crippen LogP contribution in [0, 0.1) is 0 Å². The Morgan fingerprint density at radius 1 is 1.08 bits per heavy atom. The van der Waals surface area contributed by atoms with Crippen LogP contribution in [0.2, 0.25) is 0 Å². The lowest BCUT2D eigenvalue weighted by molar-refractivity contribution is -0.134. The van der Waals surface area contributed by atoms with E-state index in [1.807, 2.05) is 0 Å². The van der Waals surface area contributed by atoms with Crippen molar-refractivity contribution < 1.29 is 13.7 Å². The number of hydrogen-bond acceptors (Lipinski definition) is 3. The molecule has 134 valence electrons. The van der Waals surface area contributed by atoms with Crippen molar-refractivity contribution in [1.29, 1.82) is 0 Å². The van der Waals surface area contributed by atoms with Crippen molar-refractivity contribution in [2.75, 3.05) is 6.61 Å². The first kappa shape index (κ1) is 20.6. The highest BCUT2D eigenvalue weighted by molar-refractivity contribution is 7.84. The maximum atomic E-state index is 12.8. The van der Waals surface area contributed by atoms with Crippen molar-refractivity contribution in [3.63, 3.8) is 0 Å². The zero-order valence-corrected chi connectivity index (χ0v) is 16.6. The number of benzene rings is 1. The molecule has 1 rings (SSSR count). The van der Waals surface area contributed by atoms with Crippen LogP contribution in [-0.2, 0) is 20.5 Å². The molecule has 5 heteroatoms. The van der Waals surface area contributed by atoms with E-state index >= 15 is 0 Å². The van der Waals surface area contributed by atoms with Crippen LogP contribution in [-0.4, -0.2) is 23.0 Å². The van der Waals surface area contributed by atoms with E-state index in [0.29, 0.717) is 5.92 Å². The van der Waals surface area contributed by atoms with Crippen LogP contribution in [0.1, 0.15) is 82.9 Å². The molecule has 0 radical (unpaired) electrons. The molecule has 0 aliphatic heterocycles. The first-order chi connectivity index (χ1) is 11.2. The fourth-order valence-electron chi connectivity index (χ4n) is 2.41. The van der Waals surface area contributed by atoms with Crippen LogP contribution in [0.5, 0.6) is 0 Å². The predicted molar refractivity (Wildman–Crippen MR) is 100 cm³/mol. The molecular formula is C19H29NO3S. The molecule has 0 amide bonds. The molecule has 0 aliphatic carbocycles. The van der Waals surface area contributed by atoms with E-state index in [2.05, 4.69) is 58.1 Å². The van der Waals surface area contributed by atoms with Gasteiger partial charge in [-0.1, -0.05) is 53.7 Å². The number of carbonyl (C=O) groups excluding carboxylic acids is 1. The Bertz CT molecular complexity index is 604. The fraction of sp³-hybridized carbons (Fsp3) is 0.579. The monoisotopic (exact) mass is 351 g/mol. The standard InChI is InChI=1S/C19H29NO3S/c1-8-23-18(21)11-20-24(22)19-16(13(4)5)9-15(12(2)3)10-17(19)14(6)7/h9-14H,8H2,1-7H3/b20-11+/t24-/m0/s1. The van der Waals surface area contributed by atoms with Crippen LogP contribution >= 0.6 is 0 Å². The number of rotatable bonds is 7. The van der Waals surface area contributed by atoms with Gasteiger partial charge in [-0.3, -0.25) is 0 Å². The van der Waals surface area contributed by atoms with Crippen molar-refractivity contribution in [1.82, 2.24) is 0 Å². The molecule has 0 saturated heterocycles. The molecule has 0 heterocycles. The number of esters is 1. The minimum atomic E-state index is -1.62. The van der Waals surface area contributed by atoms with Gasteiger partial charge < -0.3 is 4.74 Å². The zero-order valence-electron chi connectivity index (χ0n) is 15.8. The second-order valence-corrected chi connectivity index (χ2v) is 7.85. The summed E-state index contributed by atoms with van der Waals surface area (Å²) in [6.45, 7) is 14.6. The van der Waals surface area contributed by atoms with E-state index in [9.17, 15) is 9.00 Å². The van der Waals surface area contributed by atoms with E-state index in [4.69, 9.17) is 4.74 Å². The second-order valence-electron chi connectivity index (χ2n) is 6.73. The Morgan fingerprint density at radius 2 is 1.58 bits per heavy atom. The molecule has 0 N–H and O–H groups in total. The van der Waals surface area contributed by atoms with Gasteiger partial charge in [-0.15, -0.1) is 0 Å². The highest BCUT2D eigenvalue weighted by atomic mass is 32.2. The Balaban J connectivity index is 3.43. The number of carbonyl (C=O) groups is 1. The molecule has 0 saturated carbocycles. The molecule has 24 heavy (non-hydrogen) atoms. The summed E-state index contributed by atoms with van der Waals surface area (Å²) in [4.78, 5) is 12.2. The highest BCUT2D eigenvalue weighted by Crippen LogP contribution is 2.34. The van der Waals surface area contributed by atoms with E-state index in [1.165, 1.54) is 5.56 Å². The van der Waals surface area contributed by atoms with Gasteiger partial charge in [0.05, 0.1) is 11.5 Å². The molecule has 1 aromatic rings. The quantitative estimate of drug-likeness (QED) is 0.528. The van der Waals surface area contributed by atoms with Crippen molar-refractivity contribution in [3.8, 4) is 0 Å². The maximum Gasteiger partial charge on any atom is 0.350 e. The fourth-order valence-corrected chi connectivity index (χ4v) is 3.69. The SMILES string of the molecule is CCOC(=O)/C=N/[S@@](=O)c1c(C(C)C)cc(C(C)C)cc1C(C)C. The lowest BCUT2D eigenvalue weighted by atomic mass is 9.89. The van der Waals surface area contributed by atoms with Gasteiger partial charge in [-0.2, -0.15) is 4.40 Å². The van der Waals surface area contributed by atoms with Crippen molar-refractivity contribution >= 4 is 23.2 Å². The topological polar surface area (TPSA) is 55.7 Å². The number of hydrogen-bond donors (Lipinski definition) is 0. The van der Waals surface area contributed by atoms with Gasteiger partial charge >= 0.3 is 5.97 Å². The van der Waals surface area contributed by atoms with Crippen LogP contribution in [0.4, 0.5) is 0 Å². The predicted octanol–water partition coefficient (Wildman–Crippen LogP) is 4.71. The van der Waals surface area contributed by atoms with Gasteiger partial charge in [0.25, 0.3) is 0 Å². The summed E-state index contributed by atoms with van der Waals surface area (Å²) in [6.07, 6.45) is 1.02. The van der Waals surface area contributed by atoms with Gasteiger partial charge in [-0.25, -0.2) is 9.00 Å². The Labute approximate surface area is 148 Å². The summed E-state index contributed by atoms with van der Waals surface area (Å²) < 4.78 is 21.5. The smallest absolute Gasteiger partial charge is 0.350 e. The molecule has 0 bridgehead atoms. The van der Waals surface area contributed by atoms with Gasteiger partial charge in [0.2, 0.25) is 0 Å². The van der Waals surface area contributed by atoms with Gasteiger partial charge in [0.1, 0.15) is 6.21 Å². The molecule has 0 fully saturated rings. The Morgan fingerprint density at radius 3 is 1.96 bits per heavy atom. The second kappa shape index (κ2) is 9.11.